The Morgan fingerprint density at radius 1 is 0.708 bits per heavy atom. The maximum Gasteiger partial charge on any atom is 0.189 e. The lowest BCUT2D eigenvalue weighted by Crippen LogP contribution is -2.13. The maximum atomic E-state index is 13.4. The van der Waals surface area contributed by atoms with Crippen molar-refractivity contribution in [3.63, 3.8) is 0 Å². The maximum absolute atomic E-state index is 13.4. The first-order chi connectivity index (χ1) is 11.5. The second kappa shape index (κ2) is 5.32. The summed E-state index contributed by atoms with van der Waals surface area (Å²) in [6.07, 6.45) is 0. The van der Waals surface area contributed by atoms with Crippen molar-refractivity contribution < 1.29 is 8.42 Å². The predicted octanol–water partition coefficient (Wildman–Crippen LogP) is 4.85. The van der Waals surface area contributed by atoms with Crippen molar-refractivity contribution in [3.05, 3.63) is 89.0 Å². The Balaban J connectivity index is 2.02. The number of benzene rings is 3. The molecule has 1 aliphatic carbocycles. The Bertz CT molecular complexity index is 1030. The van der Waals surface area contributed by atoms with Crippen molar-refractivity contribution in [2.75, 3.05) is 0 Å². The van der Waals surface area contributed by atoms with Crippen LogP contribution < -0.4 is 0 Å². The van der Waals surface area contributed by atoms with Crippen LogP contribution in [0, 0.1) is 13.8 Å². The van der Waals surface area contributed by atoms with Gasteiger partial charge in [-0.05, 0) is 48.2 Å². The van der Waals surface area contributed by atoms with E-state index in [1.807, 2.05) is 50.2 Å². The van der Waals surface area contributed by atoms with Crippen LogP contribution >= 0.6 is 0 Å². The highest BCUT2D eigenvalue weighted by Crippen LogP contribution is 2.49. The van der Waals surface area contributed by atoms with Gasteiger partial charge >= 0.3 is 0 Å². The summed E-state index contributed by atoms with van der Waals surface area (Å²) in [7, 11) is -3.50. The van der Waals surface area contributed by atoms with E-state index < -0.39 is 15.1 Å². The van der Waals surface area contributed by atoms with E-state index in [1.165, 1.54) is 0 Å². The van der Waals surface area contributed by atoms with Gasteiger partial charge in [-0.1, -0.05) is 65.7 Å². The summed E-state index contributed by atoms with van der Waals surface area (Å²) >= 11 is 0. The van der Waals surface area contributed by atoms with Crippen LogP contribution in [-0.2, 0) is 9.84 Å². The van der Waals surface area contributed by atoms with E-state index in [9.17, 15) is 8.42 Å². The molecule has 0 saturated carbocycles. The van der Waals surface area contributed by atoms with Gasteiger partial charge in [-0.2, -0.15) is 0 Å². The number of fused-ring (bicyclic) bond motifs is 3. The molecule has 0 radical (unpaired) electrons. The topological polar surface area (TPSA) is 34.1 Å². The molecule has 24 heavy (non-hydrogen) atoms. The van der Waals surface area contributed by atoms with Gasteiger partial charge in [-0.3, -0.25) is 0 Å². The summed E-state index contributed by atoms with van der Waals surface area (Å²) in [5.74, 6) is 0. The van der Waals surface area contributed by atoms with Gasteiger partial charge in [-0.25, -0.2) is 8.42 Å². The molecule has 3 heteroatoms. The van der Waals surface area contributed by atoms with Gasteiger partial charge < -0.3 is 0 Å². The van der Waals surface area contributed by atoms with Crippen LogP contribution in [-0.4, -0.2) is 8.42 Å². The molecule has 2 nitrogen and oxygen atoms in total. The van der Waals surface area contributed by atoms with E-state index in [0.717, 1.165) is 33.4 Å². The molecule has 0 bridgehead atoms. The Morgan fingerprint density at radius 3 is 2.12 bits per heavy atom. The third-order valence-electron chi connectivity index (χ3n) is 4.65. The first kappa shape index (κ1) is 15.2. The highest BCUT2D eigenvalue weighted by molar-refractivity contribution is 7.92. The standard InChI is InChI=1S/C21H18O2S/c1-14-9-11-18-19(12-14)17-10-8-15(2)13-20(17)21(18)24(22,23)16-6-4-3-5-7-16/h3-13,21H,1-2H3. The third kappa shape index (κ3) is 2.20. The molecule has 0 heterocycles. The summed E-state index contributed by atoms with van der Waals surface area (Å²) in [6.45, 7) is 4.04. The number of aryl methyl sites for hydroxylation is 2. The highest BCUT2D eigenvalue weighted by Gasteiger charge is 2.38. The smallest absolute Gasteiger partial charge is 0.189 e. The number of rotatable bonds is 2. The average molecular weight is 334 g/mol. The minimum atomic E-state index is -3.50. The fourth-order valence-corrected chi connectivity index (χ4v) is 5.40. The van der Waals surface area contributed by atoms with Gasteiger partial charge in [0.05, 0.1) is 4.90 Å². The second-order valence-electron chi connectivity index (χ2n) is 6.42. The Hall–Kier alpha value is -2.39. The predicted molar refractivity (Wildman–Crippen MR) is 96.8 cm³/mol. The highest BCUT2D eigenvalue weighted by atomic mass is 32.2. The monoisotopic (exact) mass is 334 g/mol. The summed E-state index contributed by atoms with van der Waals surface area (Å²) < 4.78 is 26.7. The third-order valence-corrected chi connectivity index (χ3v) is 6.71. The molecule has 4 rings (SSSR count). The SMILES string of the molecule is Cc1ccc2c(c1)-c1ccc(C)cc1C2S(=O)(=O)c1ccccc1. The molecule has 1 unspecified atom stereocenters. The van der Waals surface area contributed by atoms with E-state index in [4.69, 9.17) is 0 Å². The van der Waals surface area contributed by atoms with Gasteiger partial charge in [0.15, 0.2) is 9.84 Å². The number of sulfone groups is 1. The molecule has 0 fully saturated rings. The minimum absolute atomic E-state index is 0.371. The first-order valence-corrected chi connectivity index (χ1v) is 9.53. The van der Waals surface area contributed by atoms with Gasteiger partial charge in [0.25, 0.3) is 0 Å². The van der Waals surface area contributed by atoms with Gasteiger partial charge in [0.2, 0.25) is 0 Å². The van der Waals surface area contributed by atoms with E-state index in [1.54, 1.807) is 24.3 Å². The van der Waals surface area contributed by atoms with E-state index in [2.05, 4.69) is 6.07 Å². The molecule has 120 valence electrons. The lowest BCUT2D eigenvalue weighted by Gasteiger charge is -2.15. The molecule has 3 aromatic carbocycles. The van der Waals surface area contributed by atoms with Crippen molar-refractivity contribution in [2.45, 2.75) is 24.0 Å². The molecular weight excluding hydrogens is 316 g/mol. The van der Waals surface area contributed by atoms with Gasteiger partial charge in [-0.15, -0.1) is 0 Å². The molecule has 0 aliphatic heterocycles. The van der Waals surface area contributed by atoms with E-state index >= 15 is 0 Å². The zero-order valence-electron chi connectivity index (χ0n) is 13.7. The molecule has 0 spiro atoms. The van der Waals surface area contributed by atoms with Crippen molar-refractivity contribution in [2.24, 2.45) is 0 Å². The van der Waals surface area contributed by atoms with Crippen LogP contribution in [0.5, 0.6) is 0 Å². The van der Waals surface area contributed by atoms with Crippen molar-refractivity contribution in [1.82, 2.24) is 0 Å². The lowest BCUT2D eigenvalue weighted by molar-refractivity contribution is 0.590. The molecule has 0 amide bonds. The van der Waals surface area contributed by atoms with Crippen LogP contribution in [0.25, 0.3) is 11.1 Å². The lowest BCUT2D eigenvalue weighted by atomic mass is 10.0. The largest absolute Gasteiger partial charge is 0.223 e. The zero-order valence-corrected chi connectivity index (χ0v) is 14.5. The first-order valence-electron chi connectivity index (χ1n) is 7.99. The van der Waals surface area contributed by atoms with Crippen molar-refractivity contribution >= 4 is 9.84 Å². The van der Waals surface area contributed by atoms with Gasteiger partial charge in [0.1, 0.15) is 5.25 Å². The van der Waals surface area contributed by atoms with Crippen molar-refractivity contribution in [3.8, 4) is 11.1 Å². The fraction of sp³-hybridized carbons (Fsp3) is 0.143. The molecule has 1 aliphatic rings. The molecular formula is C21H18O2S. The number of hydrogen-bond acceptors (Lipinski definition) is 2. The molecule has 1 atom stereocenters. The van der Waals surface area contributed by atoms with E-state index in [-0.39, 0.29) is 0 Å². The van der Waals surface area contributed by atoms with Crippen LogP contribution in [0.2, 0.25) is 0 Å². The summed E-state index contributed by atoms with van der Waals surface area (Å²) in [6, 6.07) is 20.9. The molecule has 0 aromatic heterocycles. The summed E-state index contributed by atoms with van der Waals surface area (Å²) in [4.78, 5) is 0.371. The Kier molecular flexibility index (Phi) is 3.36. The average Bonchev–Trinajstić information content (AvgIpc) is 2.89. The summed E-state index contributed by atoms with van der Waals surface area (Å²) in [5, 5.41) is -0.634. The fourth-order valence-electron chi connectivity index (χ4n) is 3.52. The zero-order chi connectivity index (χ0) is 16.9. The Labute approximate surface area is 142 Å². The molecule has 0 N–H and O–H groups in total. The van der Waals surface area contributed by atoms with Crippen LogP contribution in [0.3, 0.4) is 0 Å². The number of hydrogen-bond donors (Lipinski definition) is 0. The Morgan fingerprint density at radius 2 is 1.38 bits per heavy atom. The second-order valence-corrected chi connectivity index (χ2v) is 8.45. The quantitative estimate of drug-likeness (QED) is 0.671. The van der Waals surface area contributed by atoms with E-state index in [0.29, 0.717) is 4.90 Å². The van der Waals surface area contributed by atoms with Crippen LogP contribution in [0.15, 0.2) is 71.6 Å². The normalized spacial score (nSPS) is 15.8. The van der Waals surface area contributed by atoms with Gasteiger partial charge in [0, 0.05) is 0 Å². The minimum Gasteiger partial charge on any atom is -0.223 e. The molecule has 0 saturated heterocycles. The van der Waals surface area contributed by atoms with Crippen LogP contribution in [0.4, 0.5) is 0 Å². The van der Waals surface area contributed by atoms with Crippen LogP contribution in [0.1, 0.15) is 27.5 Å². The summed E-state index contributed by atoms with van der Waals surface area (Å²) in [5.41, 5.74) is 6.05. The van der Waals surface area contributed by atoms with Crippen molar-refractivity contribution in [1.29, 1.82) is 0 Å². The molecule has 3 aromatic rings.